The van der Waals surface area contributed by atoms with Crippen molar-refractivity contribution in [3.05, 3.63) is 47.9 Å². The smallest absolute Gasteiger partial charge is 0.178 e. The molecule has 0 aromatic heterocycles. The molecule has 2 N–H and O–H groups in total. The Morgan fingerprint density at radius 1 is 1.00 bits per heavy atom. The quantitative estimate of drug-likeness (QED) is 0.681. The lowest BCUT2D eigenvalue weighted by Gasteiger charge is -2.28. The van der Waals surface area contributed by atoms with Crippen LogP contribution in [0.15, 0.2) is 47.9 Å². The maximum absolute atomic E-state index is 9.73. The van der Waals surface area contributed by atoms with E-state index in [4.69, 9.17) is 9.47 Å². The van der Waals surface area contributed by atoms with Crippen LogP contribution in [0.4, 0.5) is 0 Å². The van der Waals surface area contributed by atoms with Crippen molar-refractivity contribution in [1.82, 2.24) is 0 Å². The van der Waals surface area contributed by atoms with Crippen molar-refractivity contribution >= 4 is 0 Å². The van der Waals surface area contributed by atoms with Gasteiger partial charge in [0, 0.05) is 0 Å². The fraction of sp³-hybridized carbons (Fsp3) is 0.167. The van der Waals surface area contributed by atoms with E-state index in [2.05, 4.69) is 0 Å². The third kappa shape index (κ3) is 1.31. The van der Waals surface area contributed by atoms with Gasteiger partial charge in [0.05, 0.1) is 0 Å². The van der Waals surface area contributed by atoms with Gasteiger partial charge in [-0.15, -0.1) is 0 Å². The fourth-order valence-corrected chi connectivity index (χ4v) is 1.72. The molecule has 0 unspecified atom stereocenters. The molecular weight excluding hydrogens is 208 g/mol. The summed E-state index contributed by atoms with van der Waals surface area (Å²) < 4.78 is 11.1. The van der Waals surface area contributed by atoms with Crippen LogP contribution in [0.25, 0.3) is 0 Å². The Morgan fingerprint density at radius 3 is 2.44 bits per heavy atom. The molecule has 4 heteroatoms. The van der Waals surface area contributed by atoms with Crippen LogP contribution in [0.1, 0.15) is 0 Å². The van der Waals surface area contributed by atoms with E-state index in [1.165, 1.54) is 6.08 Å². The highest BCUT2D eigenvalue weighted by Crippen LogP contribution is 2.37. The van der Waals surface area contributed by atoms with Crippen LogP contribution in [0.3, 0.4) is 0 Å². The van der Waals surface area contributed by atoms with Gasteiger partial charge < -0.3 is 19.7 Å². The Kier molecular flexibility index (Phi) is 1.99. The maximum Gasteiger partial charge on any atom is 0.178 e. The first kappa shape index (κ1) is 9.45. The SMILES string of the molecule is O[C@@H]1C2=C(C=C[C@@H]1O)Oc1ccccc1O2. The molecule has 82 valence electrons. The highest BCUT2D eigenvalue weighted by Gasteiger charge is 2.32. The van der Waals surface area contributed by atoms with Crippen LogP contribution in [-0.4, -0.2) is 22.4 Å². The Labute approximate surface area is 92.0 Å². The van der Waals surface area contributed by atoms with Gasteiger partial charge in [0.25, 0.3) is 0 Å². The molecule has 0 saturated heterocycles. The number of allylic oxidation sites excluding steroid dienone is 1. The van der Waals surface area contributed by atoms with Crippen LogP contribution in [-0.2, 0) is 0 Å². The van der Waals surface area contributed by atoms with Gasteiger partial charge in [0.1, 0.15) is 12.2 Å². The van der Waals surface area contributed by atoms with Gasteiger partial charge in [-0.3, -0.25) is 0 Å². The number of aliphatic hydroxyl groups is 2. The van der Waals surface area contributed by atoms with E-state index in [-0.39, 0.29) is 5.76 Å². The van der Waals surface area contributed by atoms with Crippen LogP contribution in [0.5, 0.6) is 11.5 Å². The molecule has 0 spiro atoms. The van der Waals surface area contributed by atoms with E-state index >= 15 is 0 Å². The summed E-state index contributed by atoms with van der Waals surface area (Å²) in [6.45, 7) is 0. The molecule has 0 amide bonds. The lowest BCUT2D eigenvalue weighted by Crippen LogP contribution is -2.34. The normalized spacial score (nSPS) is 26.6. The molecule has 0 bridgehead atoms. The van der Waals surface area contributed by atoms with Crippen LogP contribution in [0, 0.1) is 0 Å². The highest BCUT2D eigenvalue weighted by molar-refractivity contribution is 5.47. The summed E-state index contributed by atoms with van der Waals surface area (Å²) in [6, 6.07) is 7.18. The number of hydrogen-bond acceptors (Lipinski definition) is 4. The van der Waals surface area contributed by atoms with Crippen LogP contribution < -0.4 is 9.47 Å². The number of benzene rings is 1. The fourth-order valence-electron chi connectivity index (χ4n) is 1.72. The highest BCUT2D eigenvalue weighted by atomic mass is 16.6. The lowest BCUT2D eigenvalue weighted by molar-refractivity contribution is 0.0380. The molecule has 16 heavy (non-hydrogen) atoms. The second kappa shape index (κ2) is 3.37. The van der Waals surface area contributed by atoms with Crippen molar-refractivity contribution in [2.45, 2.75) is 12.2 Å². The summed E-state index contributed by atoms with van der Waals surface area (Å²) in [5, 5.41) is 19.2. The minimum atomic E-state index is -1.08. The molecule has 4 nitrogen and oxygen atoms in total. The minimum absolute atomic E-state index is 0.258. The molecule has 0 radical (unpaired) electrons. The summed E-state index contributed by atoms with van der Waals surface area (Å²) in [4.78, 5) is 0. The Morgan fingerprint density at radius 2 is 1.69 bits per heavy atom. The van der Waals surface area contributed by atoms with Gasteiger partial charge in [0.2, 0.25) is 0 Å². The molecule has 2 atom stereocenters. The molecular formula is C12H10O4. The molecule has 0 saturated carbocycles. The first-order valence-corrected chi connectivity index (χ1v) is 4.99. The number of rotatable bonds is 0. The summed E-state index contributed by atoms with van der Waals surface area (Å²) in [7, 11) is 0. The average Bonchev–Trinajstić information content (AvgIpc) is 2.32. The number of para-hydroxylation sites is 2. The topological polar surface area (TPSA) is 58.9 Å². The van der Waals surface area contributed by atoms with Gasteiger partial charge in [0.15, 0.2) is 23.0 Å². The van der Waals surface area contributed by atoms with E-state index in [0.29, 0.717) is 17.3 Å². The zero-order chi connectivity index (χ0) is 11.1. The molecule has 1 aliphatic carbocycles. The van der Waals surface area contributed by atoms with E-state index in [9.17, 15) is 10.2 Å². The van der Waals surface area contributed by atoms with Gasteiger partial charge in [-0.1, -0.05) is 12.1 Å². The van der Waals surface area contributed by atoms with E-state index in [1.807, 2.05) is 12.1 Å². The standard InChI is InChI=1S/C12H10O4/c13-7-5-6-10-12(11(7)14)16-9-4-2-1-3-8(9)15-10/h1-7,11,13-14H/t7-,11-/m0/s1. The largest absolute Gasteiger partial charge is 0.451 e. The Bertz CT molecular complexity index is 490. The van der Waals surface area contributed by atoms with Gasteiger partial charge in [-0.05, 0) is 24.3 Å². The number of ether oxygens (including phenoxy) is 2. The van der Waals surface area contributed by atoms with E-state index in [0.717, 1.165) is 0 Å². The molecule has 1 aliphatic heterocycles. The summed E-state index contributed by atoms with van der Waals surface area (Å²) in [5.41, 5.74) is 0. The third-order valence-corrected chi connectivity index (χ3v) is 2.57. The molecule has 1 aromatic carbocycles. The van der Waals surface area contributed by atoms with Gasteiger partial charge in [-0.2, -0.15) is 0 Å². The summed E-state index contributed by atoms with van der Waals surface area (Å²) >= 11 is 0. The summed E-state index contributed by atoms with van der Waals surface area (Å²) in [5.74, 6) is 1.85. The third-order valence-electron chi connectivity index (χ3n) is 2.57. The van der Waals surface area contributed by atoms with Gasteiger partial charge >= 0.3 is 0 Å². The molecule has 1 heterocycles. The van der Waals surface area contributed by atoms with E-state index in [1.54, 1.807) is 18.2 Å². The predicted molar refractivity (Wildman–Crippen MR) is 55.9 cm³/mol. The van der Waals surface area contributed by atoms with Crippen LogP contribution in [0.2, 0.25) is 0 Å². The van der Waals surface area contributed by atoms with Crippen LogP contribution >= 0.6 is 0 Å². The molecule has 0 fully saturated rings. The van der Waals surface area contributed by atoms with Crippen molar-refractivity contribution in [1.29, 1.82) is 0 Å². The molecule has 3 rings (SSSR count). The zero-order valence-corrected chi connectivity index (χ0v) is 8.33. The molecule has 1 aromatic rings. The zero-order valence-electron chi connectivity index (χ0n) is 8.33. The maximum atomic E-state index is 9.73. The average molecular weight is 218 g/mol. The second-order valence-electron chi connectivity index (χ2n) is 3.67. The molecule has 2 aliphatic rings. The van der Waals surface area contributed by atoms with Gasteiger partial charge in [-0.25, -0.2) is 0 Å². The lowest BCUT2D eigenvalue weighted by atomic mass is 10.0. The second-order valence-corrected chi connectivity index (χ2v) is 3.67. The Balaban J connectivity index is 2.02. The van der Waals surface area contributed by atoms with Crippen molar-refractivity contribution in [3.63, 3.8) is 0 Å². The number of fused-ring (bicyclic) bond motifs is 1. The monoisotopic (exact) mass is 218 g/mol. The first-order chi connectivity index (χ1) is 7.75. The number of hydrogen-bond donors (Lipinski definition) is 2. The Hall–Kier alpha value is -1.78. The van der Waals surface area contributed by atoms with E-state index < -0.39 is 12.2 Å². The predicted octanol–water partition coefficient (Wildman–Crippen LogP) is 0.961. The summed E-state index contributed by atoms with van der Waals surface area (Å²) in [6.07, 6.45) is 1.05. The van der Waals surface area contributed by atoms with Crippen molar-refractivity contribution in [3.8, 4) is 11.5 Å². The number of aliphatic hydroxyl groups excluding tert-OH is 2. The van der Waals surface area contributed by atoms with Crippen molar-refractivity contribution < 1.29 is 19.7 Å². The first-order valence-electron chi connectivity index (χ1n) is 4.99. The minimum Gasteiger partial charge on any atom is -0.451 e. The van der Waals surface area contributed by atoms with Crippen molar-refractivity contribution in [2.75, 3.05) is 0 Å². The van der Waals surface area contributed by atoms with Crippen molar-refractivity contribution in [2.24, 2.45) is 0 Å².